The summed E-state index contributed by atoms with van der Waals surface area (Å²) < 4.78 is 31.8. The first kappa shape index (κ1) is 16.7. The normalized spacial score (nSPS) is 11.3. The van der Waals surface area contributed by atoms with E-state index >= 15 is 0 Å². The molecule has 1 aromatic heterocycles. The van der Waals surface area contributed by atoms with Crippen molar-refractivity contribution in [3.8, 4) is 5.88 Å². The van der Waals surface area contributed by atoms with E-state index in [2.05, 4.69) is 0 Å². The summed E-state index contributed by atoms with van der Waals surface area (Å²) in [4.78, 5) is 23.6. The van der Waals surface area contributed by atoms with Gasteiger partial charge in [-0.25, -0.2) is 0 Å². The van der Waals surface area contributed by atoms with Crippen molar-refractivity contribution in [2.24, 2.45) is 5.73 Å². The van der Waals surface area contributed by atoms with E-state index in [1.165, 1.54) is 0 Å². The van der Waals surface area contributed by atoms with Crippen LogP contribution in [0.2, 0.25) is 0 Å². The maximum absolute atomic E-state index is 12.1. The Labute approximate surface area is 131 Å². The second kappa shape index (κ2) is 6.23. The first-order valence-corrected chi connectivity index (χ1v) is 8.04. The van der Waals surface area contributed by atoms with Crippen LogP contribution in [0.5, 0.6) is 5.88 Å². The SMILES string of the molecule is NC(=O)c1c(CS(=O)(=O)O)cc(=O)n(Cc2ccccc2)c1O. The largest absolute Gasteiger partial charge is 0.494 e. The Balaban J connectivity index is 2.60. The second-order valence-electron chi connectivity index (χ2n) is 4.87. The lowest BCUT2D eigenvalue weighted by molar-refractivity contribution is 0.0995. The first-order chi connectivity index (χ1) is 10.7. The Morgan fingerprint density at radius 3 is 2.35 bits per heavy atom. The number of amides is 1. The van der Waals surface area contributed by atoms with Crippen LogP contribution in [-0.2, 0) is 22.4 Å². The number of primary amides is 1. The summed E-state index contributed by atoms with van der Waals surface area (Å²) in [5.74, 6) is -2.85. The topological polar surface area (TPSA) is 140 Å². The zero-order chi connectivity index (χ0) is 17.2. The number of hydrogen-bond donors (Lipinski definition) is 3. The number of hydrogen-bond acceptors (Lipinski definition) is 5. The van der Waals surface area contributed by atoms with E-state index in [9.17, 15) is 23.1 Å². The number of pyridine rings is 1. The molecule has 2 rings (SSSR count). The average molecular weight is 338 g/mol. The Morgan fingerprint density at radius 1 is 1.22 bits per heavy atom. The Morgan fingerprint density at radius 2 is 1.83 bits per heavy atom. The fraction of sp³-hybridized carbons (Fsp3) is 0.143. The van der Waals surface area contributed by atoms with Crippen molar-refractivity contribution in [2.75, 3.05) is 0 Å². The van der Waals surface area contributed by atoms with E-state index in [0.29, 0.717) is 5.56 Å². The van der Waals surface area contributed by atoms with Crippen molar-refractivity contribution < 1.29 is 22.9 Å². The number of aromatic nitrogens is 1. The van der Waals surface area contributed by atoms with Gasteiger partial charge >= 0.3 is 0 Å². The quantitative estimate of drug-likeness (QED) is 0.660. The fourth-order valence-electron chi connectivity index (χ4n) is 2.18. The van der Waals surface area contributed by atoms with E-state index < -0.39 is 38.8 Å². The van der Waals surface area contributed by atoms with Gasteiger partial charge in [-0.1, -0.05) is 30.3 Å². The summed E-state index contributed by atoms with van der Waals surface area (Å²) in [6.45, 7) is -0.0298. The third-order valence-electron chi connectivity index (χ3n) is 3.13. The lowest BCUT2D eigenvalue weighted by atomic mass is 10.1. The van der Waals surface area contributed by atoms with Crippen LogP contribution < -0.4 is 11.3 Å². The molecule has 0 unspecified atom stereocenters. The molecule has 0 aliphatic carbocycles. The highest BCUT2D eigenvalue weighted by Crippen LogP contribution is 2.21. The molecule has 122 valence electrons. The minimum absolute atomic E-state index is 0.0298. The number of rotatable bonds is 5. The molecule has 0 aliphatic rings. The van der Waals surface area contributed by atoms with Crippen molar-refractivity contribution in [2.45, 2.75) is 12.3 Å². The predicted octanol–water partition coefficient (Wildman–Crippen LogP) is 0.0889. The van der Waals surface area contributed by atoms with Gasteiger partial charge in [0.2, 0.25) is 5.88 Å². The van der Waals surface area contributed by atoms with Crippen LogP contribution in [0, 0.1) is 0 Å². The van der Waals surface area contributed by atoms with Gasteiger partial charge in [0.15, 0.2) is 0 Å². The molecule has 0 radical (unpaired) electrons. The van der Waals surface area contributed by atoms with Crippen LogP contribution in [-0.4, -0.2) is 28.6 Å². The van der Waals surface area contributed by atoms with Gasteiger partial charge in [0.25, 0.3) is 21.6 Å². The van der Waals surface area contributed by atoms with Gasteiger partial charge in [-0.05, 0) is 11.1 Å². The zero-order valence-corrected chi connectivity index (χ0v) is 12.7. The van der Waals surface area contributed by atoms with Gasteiger partial charge in [-0.2, -0.15) is 8.42 Å². The van der Waals surface area contributed by atoms with Crippen LogP contribution in [0.3, 0.4) is 0 Å². The lowest BCUT2D eigenvalue weighted by Gasteiger charge is -2.14. The molecule has 0 atom stereocenters. The van der Waals surface area contributed by atoms with Crippen LogP contribution >= 0.6 is 0 Å². The molecule has 0 fully saturated rings. The first-order valence-electron chi connectivity index (χ1n) is 6.43. The van der Waals surface area contributed by atoms with Gasteiger partial charge < -0.3 is 10.8 Å². The summed E-state index contributed by atoms with van der Waals surface area (Å²) >= 11 is 0. The smallest absolute Gasteiger partial charge is 0.269 e. The molecule has 8 nitrogen and oxygen atoms in total. The Hall–Kier alpha value is -2.65. The molecule has 0 saturated heterocycles. The Kier molecular flexibility index (Phi) is 4.52. The fourth-order valence-corrected chi connectivity index (χ4v) is 2.80. The second-order valence-corrected chi connectivity index (χ2v) is 6.32. The van der Waals surface area contributed by atoms with Gasteiger partial charge in [0, 0.05) is 6.07 Å². The molecule has 1 aromatic carbocycles. The van der Waals surface area contributed by atoms with Gasteiger partial charge in [-0.15, -0.1) is 0 Å². The molecule has 0 saturated carbocycles. The van der Waals surface area contributed by atoms with Crippen LogP contribution in [0.25, 0.3) is 0 Å². The highest BCUT2D eigenvalue weighted by atomic mass is 32.2. The summed E-state index contributed by atoms with van der Waals surface area (Å²) in [6, 6.07) is 9.52. The van der Waals surface area contributed by atoms with Crippen molar-refractivity contribution in [3.05, 3.63) is 63.4 Å². The van der Waals surface area contributed by atoms with Crippen LogP contribution in [0.15, 0.2) is 41.2 Å². The van der Waals surface area contributed by atoms with Gasteiger partial charge in [0.1, 0.15) is 11.3 Å². The van der Waals surface area contributed by atoms with Crippen LogP contribution in [0.1, 0.15) is 21.5 Å². The number of benzene rings is 1. The molecule has 1 heterocycles. The van der Waals surface area contributed by atoms with E-state index in [0.717, 1.165) is 10.6 Å². The number of carbonyl (C=O) groups is 1. The van der Waals surface area contributed by atoms with E-state index in [1.54, 1.807) is 30.3 Å². The van der Waals surface area contributed by atoms with Crippen molar-refractivity contribution in [1.29, 1.82) is 0 Å². The average Bonchev–Trinajstić information content (AvgIpc) is 2.42. The van der Waals surface area contributed by atoms with Crippen molar-refractivity contribution >= 4 is 16.0 Å². The highest BCUT2D eigenvalue weighted by Gasteiger charge is 2.22. The van der Waals surface area contributed by atoms with E-state index in [1.807, 2.05) is 0 Å². The van der Waals surface area contributed by atoms with E-state index in [4.69, 9.17) is 10.3 Å². The number of nitrogens with two attached hydrogens (primary N) is 1. The summed E-state index contributed by atoms with van der Waals surface area (Å²) in [5.41, 5.74) is 4.24. The molecule has 2 aromatic rings. The number of aromatic hydroxyl groups is 1. The van der Waals surface area contributed by atoms with E-state index in [-0.39, 0.29) is 12.1 Å². The zero-order valence-electron chi connectivity index (χ0n) is 11.8. The minimum Gasteiger partial charge on any atom is -0.494 e. The monoisotopic (exact) mass is 338 g/mol. The maximum Gasteiger partial charge on any atom is 0.269 e. The lowest BCUT2D eigenvalue weighted by Crippen LogP contribution is -2.26. The van der Waals surface area contributed by atoms with Crippen molar-refractivity contribution in [1.82, 2.24) is 4.57 Å². The minimum atomic E-state index is -4.51. The highest BCUT2D eigenvalue weighted by molar-refractivity contribution is 7.85. The molecule has 23 heavy (non-hydrogen) atoms. The molecule has 0 bridgehead atoms. The van der Waals surface area contributed by atoms with Gasteiger partial charge in [-0.3, -0.25) is 18.7 Å². The number of nitrogens with zero attached hydrogens (tertiary/aromatic N) is 1. The molecule has 9 heteroatoms. The standard InChI is InChI=1S/C14H14N2O6S/c15-13(18)12-10(8-23(20,21)22)6-11(17)16(14(12)19)7-9-4-2-1-3-5-9/h1-6,19H,7-8H2,(H2,15,18)(H,20,21,22). The predicted molar refractivity (Wildman–Crippen MR) is 81.7 cm³/mol. The molecule has 1 amide bonds. The molecule has 0 aliphatic heterocycles. The van der Waals surface area contributed by atoms with Gasteiger partial charge in [0.05, 0.1) is 6.54 Å². The third-order valence-corrected chi connectivity index (χ3v) is 3.81. The summed E-state index contributed by atoms with van der Waals surface area (Å²) in [5, 5.41) is 10.2. The summed E-state index contributed by atoms with van der Waals surface area (Å²) in [6.07, 6.45) is 0. The third kappa shape index (κ3) is 3.96. The Bertz CT molecular complexity index is 903. The molecular formula is C14H14N2O6S. The van der Waals surface area contributed by atoms with Crippen molar-refractivity contribution in [3.63, 3.8) is 0 Å². The molecule has 0 spiro atoms. The van der Waals surface area contributed by atoms with Crippen LogP contribution in [0.4, 0.5) is 0 Å². The molecular weight excluding hydrogens is 324 g/mol. The summed E-state index contributed by atoms with van der Waals surface area (Å²) in [7, 11) is -4.51. The molecule has 4 N–H and O–H groups in total. The maximum atomic E-state index is 12.1. The number of carbonyl (C=O) groups excluding carboxylic acids is 1.